The molecule has 0 heterocycles. The summed E-state index contributed by atoms with van der Waals surface area (Å²) in [4.78, 5) is 11.0. The van der Waals surface area contributed by atoms with E-state index in [2.05, 4.69) is 4.74 Å². The van der Waals surface area contributed by atoms with E-state index >= 15 is 0 Å². The third kappa shape index (κ3) is 2.07. The molecule has 0 fully saturated rings. The van der Waals surface area contributed by atoms with Crippen LogP contribution >= 0.6 is 0 Å². The van der Waals surface area contributed by atoms with Gasteiger partial charge in [-0.3, -0.25) is 0 Å². The van der Waals surface area contributed by atoms with Crippen molar-refractivity contribution in [3.63, 3.8) is 0 Å². The maximum absolute atomic E-state index is 12.4. The number of ether oxygens (including phenoxy) is 1. The van der Waals surface area contributed by atoms with Crippen molar-refractivity contribution in [1.82, 2.24) is 0 Å². The lowest BCUT2D eigenvalue weighted by Gasteiger charge is -2.06. The molecule has 0 aromatic heterocycles. The molecule has 2 nitrogen and oxygen atoms in total. The van der Waals surface area contributed by atoms with Gasteiger partial charge in [-0.1, -0.05) is 6.07 Å². The van der Waals surface area contributed by atoms with Crippen molar-refractivity contribution < 1.29 is 18.3 Å². The zero-order chi connectivity index (χ0) is 10.7. The first-order valence-electron chi connectivity index (χ1n) is 4.03. The Morgan fingerprint density at radius 1 is 1.43 bits per heavy atom. The van der Waals surface area contributed by atoms with E-state index in [1.54, 1.807) is 6.92 Å². The summed E-state index contributed by atoms with van der Waals surface area (Å²) in [6.45, 7) is 1.57. The van der Waals surface area contributed by atoms with Crippen molar-refractivity contribution in [3.05, 3.63) is 34.9 Å². The fraction of sp³-hybridized carbons (Fsp3) is 0.300. The number of hydrogen-bond donors (Lipinski definition) is 0. The summed E-state index contributed by atoms with van der Waals surface area (Å²) in [5, 5.41) is 0. The Labute approximate surface area is 80.5 Å². The van der Waals surface area contributed by atoms with E-state index < -0.39 is 12.4 Å². The SMILES string of the molecule is COC(=O)c1ccc(C)c(C(F)F)c1. The minimum absolute atomic E-state index is 0.132. The summed E-state index contributed by atoms with van der Waals surface area (Å²) >= 11 is 0. The van der Waals surface area contributed by atoms with E-state index in [-0.39, 0.29) is 11.1 Å². The second-order valence-electron chi connectivity index (χ2n) is 2.86. The van der Waals surface area contributed by atoms with E-state index in [0.717, 1.165) is 6.07 Å². The highest BCUT2D eigenvalue weighted by Crippen LogP contribution is 2.23. The highest BCUT2D eigenvalue weighted by atomic mass is 19.3. The average Bonchev–Trinajstić information content (AvgIpc) is 2.17. The first-order chi connectivity index (χ1) is 6.56. The van der Waals surface area contributed by atoms with Crippen molar-refractivity contribution in [2.75, 3.05) is 7.11 Å². The Bertz CT molecular complexity index is 348. The first kappa shape index (κ1) is 10.6. The van der Waals surface area contributed by atoms with Crippen LogP contribution in [0.1, 0.15) is 27.9 Å². The van der Waals surface area contributed by atoms with Crippen LogP contribution < -0.4 is 0 Å². The third-order valence-electron chi connectivity index (χ3n) is 1.94. The van der Waals surface area contributed by atoms with Crippen molar-refractivity contribution >= 4 is 5.97 Å². The van der Waals surface area contributed by atoms with Gasteiger partial charge in [0.25, 0.3) is 6.43 Å². The predicted octanol–water partition coefficient (Wildman–Crippen LogP) is 2.72. The van der Waals surface area contributed by atoms with Gasteiger partial charge in [0.15, 0.2) is 0 Å². The molecule has 0 atom stereocenters. The van der Waals surface area contributed by atoms with Gasteiger partial charge in [0.2, 0.25) is 0 Å². The maximum Gasteiger partial charge on any atom is 0.337 e. The van der Waals surface area contributed by atoms with Gasteiger partial charge >= 0.3 is 5.97 Å². The molecule has 0 aliphatic heterocycles. The summed E-state index contributed by atoms with van der Waals surface area (Å²) in [7, 11) is 1.21. The van der Waals surface area contributed by atoms with Gasteiger partial charge in [0, 0.05) is 5.56 Å². The fourth-order valence-electron chi connectivity index (χ4n) is 1.12. The summed E-state index contributed by atoms with van der Waals surface area (Å²) in [5.74, 6) is -0.605. The third-order valence-corrected chi connectivity index (χ3v) is 1.94. The number of esters is 1. The lowest BCUT2D eigenvalue weighted by Crippen LogP contribution is -2.03. The molecule has 0 spiro atoms. The topological polar surface area (TPSA) is 26.3 Å². The number of methoxy groups -OCH3 is 1. The van der Waals surface area contributed by atoms with Gasteiger partial charge < -0.3 is 4.74 Å². The average molecular weight is 200 g/mol. The number of alkyl halides is 2. The smallest absolute Gasteiger partial charge is 0.337 e. The minimum Gasteiger partial charge on any atom is -0.465 e. The van der Waals surface area contributed by atoms with Gasteiger partial charge in [0.05, 0.1) is 12.7 Å². The standard InChI is InChI=1S/C10H10F2O2/c1-6-3-4-7(10(13)14-2)5-8(6)9(11)12/h3-5,9H,1-2H3. The van der Waals surface area contributed by atoms with Crippen molar-refractivity contribution in [2.24, 2.45) is 0 Å². The lowest BCUT2D eigenvalue weighted by molar-refractivity contribution is 0.0600. The number of hydrogen-bond acceptors (Lipinski definition) is 2. The molecule has 0 unspecified atom stereocenters. The minimum atomic E-state index is -2.57. The molecule has 1 rings (SSSR count). The van der Waals surface area contributed by atoms with E-state index in [1.807, 2.05) is 0 Å². The number of rotatable bonds is 2. The Balaban J connectivity index is 3.13. The summed E-state index contributed by atoms with van der Waals surface area (Å²) in [6, 6.07) is 4.10. The van der Waals surface area contributed by atoms with Gasteiger partial charge in [-0.25, -0.2) is 13.6 Å². The van der Waals surface area contributed by atoms with Crippen LogP contribution in [0.15, 0.2) is 18.2 Å². The molecule has 4 heteroatoms. The predicted molar refractivity (Wildman–Crippen MR) is 47.5 cm³/mol. The Morgan fingerprint density at radius 3 is 2.57 bits per heavy atom. The second kappa shape index (κ2) is 4.17. The Kier molecular flexibility index (Phi) is 3.17. The molecule has 14 heavy (non-hydrogen) atoms. The van der Waals surface area contributed by atoms with Crippen molar-refractivity contribution in [2.45, 2.75) is 13.3 Å². The molecule has 0 radical (unpaired) electrons. The van der Waals surface area contributed by atoms with Crippen LogP contribution in [0.2, 0.25) is 0 Å². The van der Waals surface area contributed by atoms with Gasteiger partial charge in [-0.15, -0.1) is 0 Å². The number of carbonyl (C=O) groups is 1. The van der Waals surface area contributed by atoms with Crippen LogP contribution in [0, 0.1) is 6.92 Å². The number of carbonyl (C=O) groups excluding carboxylic acids is 1. The van der Waals surface area contributed by atoms with Crippen LogP contribution in [0.4, 0.5) is 8.78 Å². The van der Waals surface area contributed by atoms with Crippen molar-refractivity contribution in [3.8, 4) is 0 Å². The van der Waals surface area contributed by atoms with Crippen LogP contribution in [-0.2, 0) is 4.74 Å². The lowest BCUT2D eigenvalue weighted by atomic mass is 10.1. The zero-order valence-electron chi connectivity index (χ0n) is 7.88. The van der Waals surface area contributed by atoms with Crippen molar-refractivity contribution in [1.29, 1.82) is 0 Å². The van der Waals surface area contributed by atoms with Gasteiger partial charge in [-0.05, 0) is 24.6 Å². The van der Waals surface area contributed by atoms with E-state index in [0.29, 0.717) is 5.56 Å². The number of halogens is 2. The molecule has 0 amide bonds. The quantitative estimate of drug-likeness (QED) is 0.686. The highest BCUT2D eigenvalue weighted by Gasteiger charge is 2.14. The van der Waals surface area contributed by atoms with Crippen LogP contribution in [-0.4, -0.2) is 13.1 Å². The van der Waals surface area contributed by atoms with E-state index in [9.17, 15) is 13.6 Å². The molecule has 1 aromatic carbocycles. The molecule has 0 N–H and O–H groups in total. The monoisotopic (exact) mass is 200 g/mol. The molecule has 0 saturated carbocycles. The highest BCUT2D eigenvalue weighted by molar-refractivity contribution is 5.89. The summed E-state index contributed by atoms with van der Waals surface area (Å²) in [6.07, 6.45) is -2.57. The summed E-state index contributed by atoms with van der Waals surface area (Å²) < 4.78 is 29.3. The number of benzene rings is 1. The Morgan fingerprint density at radius 2 is 2.07 bits per heavy atom. The molecule has 0 aliphatic rings. The molecule has 0 bridgehead atoms. The number of aryl methyl sites for hydroxylation is 1. The van der Waals surface area contributed by atoms with Crippen LogP contribution in [0.5, 0.6) is 0 Å². The maximum atomic E-state index is 12.4. The van der Waals surface area contributed by atoms with Crippen LogP contribution in [0.25, 0.3) is 0 Å². The first-order valence-corrected chi connectivity index (χ1v) is 4.03. The van der Waals surface area contributed by atoms with E-state index in [4.69, 9.17) is 0 Å². The molecular weight excluding hydrogens is 190 g/mol. The Hall–Kier alpha value is -1.45. The molecule has 1 aromatic rings. The van der Waals surface area contributed by atoms with Gasteiger partial charge in [-0.2, -0.15) is 0 Å². The van der Waals surface area contributed by atoms with Crippen LogP contribution in [0.3, 0.4) is 0 Å². The van der Waals surface area contributed by atoms with E-state index in [1.165, 1.54) is 19.2 Å². The largest absolute Gasteiger partial charge is 0.465 e. The molecule has 0 aliphatic carbocycles. The molecule has 76 valence electrons. The molecular formula is C10H10F2O2. The zero-order valence-corrected chi connectivity index (χ0v) is 7.88. The summed E-state index contributed by atoms with van der Waals surface area (Å²) in [5.41, 5.74) is 0.481. The molecule has 0 saturated heterocycles. The van der Waals surface area contributed by atoms with Gasteiger partial charge in [0.1, 0.15) is 0 Å². The normalized spacial score (nSPS) is 10.4. The second-order valence-corrected chi connectivity index (χ2v) is 2.86. The fourth-order valence-corrected chi connectivity index (χ4v) is 1.12.